The minimum absolute atomic E-state index is 0.0311. The van der Waals surface area contributed by atoms with Crippen LogP contribution in [-0.2, 0) is 21.8 Å². The van der Waals surface area contributed by atoms with E-state index in [1.807, 2.05) is 67.6 Å². The van der Waals surface area contributed by atoms with Crippen molar-refractivity contribution >= 4 is 57.3 Å². The number of halogens is 1. The molecule has 9 heteroatoms. The lowest BCUT2D eigenvalue weighted by molar-refractivity contribution is -0.132. The number of rotatable bonds is 7. The molecule has 0 radical (unpaired) electrons. The fourth-order valence-corrected chi connectivity index (χ4v) is 6.41. The average molecular weight is 562 g/mol. The predicted molar refractivity (Wildman–Crippen MR) is 153 cm³/mol. The van der Waals surface area contributed by atoms with E-state index in [2.05, 4.69) is 17.1 Å². The summed E-state index contributed by atoms with van der Waals surface area (Å²) in [5, 5.41) is 20.8. The number of carbonyl (C=O) groups excluding carboxylic acids is 2. The van der Waals surface area contributed by atoms with E-state index in [1.165, 1.54) is 28.0 Å². The van der Waals surface area contributed by atoms with Crippen molar-refractivity contribution in [1.29, 1.82) is 0 Å². The molecule has 1 aliphatic heterocycles. The topological polar surface area (TPSA) is 83.4 Å². The molecule has 0 aliphatic carbocycles. The molecule has 1 saturated heterocycles. The van der Waals surface area contributed by atoms with Gasteiger partial charge < -0.3 is 5.11 Å². The summed E-state index contributed by atoms with van der Waals surface area (Å²) in [6, 6.07) is 21.6. The van der Waals surface area contributed by atoms with Gasteiger partial charge in [-0.15, -0.1) is 10.2 Å². The van der Waals surface area contributed by atoms with Crippen LogP contribution < -0.4 is 4.90 Å². The van der Waals surface area contributed by atoms with E-state index in [9.17, 15) is 14.7 Å². The lowest BCUT2D eigenvalue weighted by atomic mass is 9.94. The quantitative estimate of drug-likeness (QED) is 0.0861. The fourth-order valence-electron chi connectivity index (χ4n) is 4.26. The van der Waals surface area contributed by atoms with Crippen molar-refractivity contribution in [2.24, 2.45) is 0 Å². The summed E-state index contributed by atoms with van der Waals surface area (Å²) in [4.78, 5) is 28.1. The summed E-state index contributed by atoms with van der Waals surface area (Å²) in [5.74, 6) is -1.13. The number of carbonyl (C=O) groups is 2. The van der Waals surface area contributed by atoms with Crippen molar-refractivity contribution in [3.8, 4) is 0 Å². The third-order valence-electron chi connectivity index (χ3n) is 6.38. The van der Waals surface area contributed by atoms with Crippen molar-refractivity contribution in [2.45, 2.75) is 36.4 Å². The second kappa shape index (κ2) is 11.1. The van der Waals surface area contributed by atoms with Gasteiger partial charge in [0.1, 0.15) is 5.76 Å². The molecule has 0 saturated carbocycles. The van der Waals surface area contributed by atoms with Gasteiger partial charge in [-0.2, -0.15) is 0 Å². The summed E-state index contributed by atoms with van der Waals surface area (Å²) < 4.78 is 0.639. The van der Waals surface area contributed by atoms with Crippen LogP contribution in [0.3, 0.4) is 0 Å². The second-order valence-electron chi connectivity index (χ2n) is 8.86. The predicted octanol–water partition coefficient (Wildman–Crippen LogP) is 6.98. The summed E-state index contributed by atoms with van der Waals surface area (Å²) >= 11 is 8.96. The number of aliphatic hydroxyl groups is 1. The molecule has 5 rings (SSSR count). The second-order valence-corrected chi connectivity index (χ2v) is 11.4. The molecular formula is C29H24ClN3O3S2. The van der Waals surface area contributed by atoms with Crippen LogP contribution in [0.4, 0.5) is 5.13 Å². The highest BCUT2D eigenvalue weighted by atomic mass is 35.5. The lowest BCUT2D eigenvalue weighted by Crippen LogP contribution is -2.29. The van der Waals surface area contributed by atoms with Crippen LogP contribution >= 0.6 is 34.7 Å². The molecule has 38 heavy (non-hydrogen) atoms. The van der Waals surface area contributed by atoms with Crippen molar-refractivity contribution in [3.63, 3.8) is 0 Å². The third kappa shape index (κ3) is 5.12. The number of hydrogen-bond donors (Lipinski definition) is 1. The Bertz CT molecular complexity index is 1530. The molecular weight excluding hydrogens is 538 g/mol. The van der Waals surface area contributed by atoms with Gasteiger partial charge in [0.2, 0.25) is 5.13 Å². The minimum atomic E-state index is -0.837. The number of aromatic nitrogens is 2. The highest BCUT2D eigenvalue weighted by molar-refractivity contribution is 8.00. The maximum Gasteiger partial charge on any atom is 0.301 e. The number of aryl methyl sites for hydroxylation is 2. The molecule has 2 heterocycles. The van der Waals surface area contributed by atoms with Gasteiger partial charge in [-0.25, -0.2) is 0 Å². The van der Waals surface area contributed by atoms with Crippen LogP contribution in [0.1, 0.15) is 40.8 Å². The van der Waals surface area contributed by atoms with E-state index in [4.69, 9.17) is 11.6 Å². The Morgan fingerprint density at radius 1 is 1.03 bits per heavy atom. The smallest absolute Gasteiger partial charge is 0.301 e. The molecule has 1 N–H and O–H groups in total. The van der Waals surface area contributed by atoms with Crippen LogP contribution in [-0.4, -0.2) is 27.0 Å². The molecule has 1 aromatic heterocycles. The van der Waals surface area contributed by atoms with E-state index >= 15 is 0 Å². The lowest BCUT2D eigenvalue weighted by Gasteiger charge is -2.22. The molecule has 6 nitrogen and oxygen atoms in total. The first-order valence-electron chi connectivity index (χ1n) is 12.0. The number of thioether (sulfide) groups is 1. The van der Waals surface area contributed by atoms with E-state index in [0.717, 1.165) is 23.1 Å². The number of ketones is 1. The van der Waals surface area contributed by atoms with Gasteiger partial charge in [-0.3, -0.25) is 14.5 Å². The number of hydrogen-bond acceptors (Lipinski definition) is 7. The number of benzene rings is 3. The van der Waals surface area contributed by atoms with Gasteiger partial charge in [-0.1, -0.05) is 114 Å². The number of aliphatic hydroxyl groups excluding tert-OH is 1. The van der Waals surface area contributed by atoms with E-state index in [-0.39, 0.29) is 11.3 Å². The Balaban J connectivity index is 1.54. The molecule has 1 atom stereocenters. The number of anilines is 1. The highest BCUT2D eigenvalue weighted by Gasteiger charge is 2.48. The zero-order valence-corrected chi connectivity index (χ0v) is 23.1. The molecule has 4 aromatic rings. The van der Waals surface area contributed by atoms with Gasteiger partial charge in [0.25, 0.3) is 5.78 Å². The summed E-state index contributed by atoms with van der Waals surface area (Å²) in [6.07, 6.45) is 0.853. The van der Waals surface area contributed by atoms with Gasteiger partial charge in [0.15, 0.2) is 4.34 Å². The van der Waals surface area contributed by atoms with Crippen molar-refractivity contribution in [3.05, 3.63) is 111 Å². The van der Waals surface area contributed by atoms with Gasteiger partial charge >= 0.3 is 5.91 Å². The van der Waals surface area contributed by atoms with Crippen molar-refractivity contribution in [2.75, 3.05) is 4.90 Å². The van der Waals surface area contributed by atoms with Crippen molar-refractivity contribution in [1.82, 2.24) is 10.2 Å². The standard InChI is InChI=1S/C29H24ClN3O3S2/c1-3-18-10-14-19(15-11-18)24-23(25(34)20-12-8-17(2)9-13-20)26(35)27(36)33(24)28-31-32-29(38-28)37-16-21-6-4-5-7-22(21)30/h4-15,24,34H,3,16H2,1-2H3/b25-23-. The number of nitrogens with zero attached hydrogens (tertiary/aromatic N) is 3. The minimum Gasteiger partial charge on any atom is -0.507 e. The largest absolute Gasteiger partial charge is 0.507 e. The Labute approximate surface area is 234 Å². The monoisotopic (exact) mass is 561 g/mol. The zero-order chi connectivity index (χ0) is 26.8. The third-order valence-corrected chi connectivity index (χ3v) is 8.86. The Hall–Kier alpha value is -3.46. The van der Waals surface area contributed by atoms with Crippen LogP contribution in [0.2, 0.25) is 5.02 Å². The van der Waals surface area contributed by atoms with Crippen LogP contribution in [0.5, 0.6) is 0 Å². The summed E-state index contributed by atoms with van der Waals surface area (Å²) in [5.41, 5.74) is 4.31. The van der Waals surface area contributed by atoms with Gasteiger partial charge in [-0.05, 0) is 36.1 Å². The summed E-state index contributed by atoms with van der Waals surface area (Å²) in [7, 11) is 0. The molecule has 192 valence electrons. The molecule has 0 bridgehead atoms. The highest BCUT2D eigenvalue weighted by Crippen LogP contribution is 2.44. The van der Waals surface area contributed by atoms with Crippen molar-refractivity contribution < 1.29 is 14.7 Å². The normalized spacial score (nSPS) is 16.8. The first-order valence-corrected chi connectivity index (χ1v) is 14.2. The van der Waals surface area contributed by atoms with E-state index in [1.54, 1.807) is 12.1 Å². The molecule has 3 aromatic carbocycles. The van der Waals surface area contributed by atoms with Gasteiger partial charge in [0, 0.05) is 16.3 Å². The van der Waals surface area contributed by atoms with E-state index in [0.29, 0.717) is 31.4 Å². The fraction of sp³-hybridized carbons (Fsp3) is 0.172. The maximum atomic E-state index is 13.4. The number of amides is 1. The summed E-state index contributed by atoms with van der Waals surface area (Å²) in [6.45, 7) is 4.00. The first kappa shape index (κ1) is 26.2. The van der Waals surface area contributed by atoms with Crippen LogP contribution in [0, 0.1) is 6.92 Å². The molecule has 1 amide bonds. The SMILES string of the molecule is CCc1ccc(C2/C(=C(/O)c3ccc(C)cc3)C(=O)C(=O)N2c2nnc(SCc3ccccc3Cl)s2)cc1. The molecule has 1 unspecified atom stereocenters. The molecule has 1 aliphatic rings. The van der Waals surface area contributed by atoms with Gasteiger partial charge in [0.05, 0.1) is 11.6 Å². The Morgan fingerprint density at radius 3 is 2.42 bits per heavy atom. The molecule has 1 fully saturated rings. The van der Waals surface area contributed by atoms with Crippen LogP contribution in [0.15, 0.2) is 82.7 Å². The van der Waals surface area contributed by atoms with E-state index < -0.39 is 17.7 Å². The average Bonchev–Trinajstić information content (AvgIpc) is 3.50. The number of Topliss-reactive ketones (excluding diaryl/α,β-unsaturated/α-hetero) is 1. The molecule has 0 spiro atoms. The maximum absolute atomic E-state index is 13.4. The Kier molecular flexibility index (Phi) is 7.65. The van der Waals surface area contributed by atoms with Crippen LogP contribution in [0.25, 0.3) is 5.76 Å². The Morgan fingerprint density at radius 2 is 1.74 bits per heavy atom. The zero-order valence-electron chi connectivity index (χ0n) is 20.7. The first-order chi connectivity index (χ1) is 18.4.